The molecule has 6 heteroatoms. The van der Waals surface area contributed by atoms with Crippen molar-refractivity contribution in [3.05, 3.63) is 29.0 Å². The van der Waals surface area contributed by atoms with E-state index in [0.717, 1.165) is 16.9 Å². The van der Waals surface area contributed by atoms with Gasteiger partial charge in [0.15, 0.2) is 0 Å². The summed E-state index contributed by atoms with van der Waals surface area (Å²) in [6.45, 7) is 0.471. The van der Waals surface area contributed by atoms with Crippen LogP contribution in [0.2, 0.25) is 5.02 Å². The van der Waals surface area contributed by atoms with Gasteiger partial charge in [0.2, 0.25) is 0 Å². The van der Waals surface area contributed by atoms with E-state index in [1.165, 1.54) is 0 Å². The smallest absolute Gasteiger partial charge is 0.317 e. The molecule has 1 aromatic heterocycles. The van der Waals surface area contributed by atoms with Crippen LogP contribution in [0, 0.1) is 0 Å². The minimum atomic E-state index is -0.848. The number of hydrogen-bond acceptors (Lipinski definition) is 3. The molecule has 0 radical (unpaired) electrons. The van der Waals surface area contributed by atoms with Gasteiger partial charge in [0.1, 0.15) is 5.82 Å². The number of benzene rings is 1. The Bertz CT molecular complexity index is 594. The van der Waals surface area contributed by atoms with Gasteiger partial charge in [-0.3, -0.25) is 9.69 Å². The molecule has 18 heavy (non-hydrogen) atoms. The number of halogens is 1. The Balaban J connectivity index is 2.28. The van der Waals surface area contributed by atoms with Crippen LogP contribution in [-0.4, -0.2) is 39.1 Å². The van der Waals surface area contributed by atoms with Gasteiger partial charge in [-0.05, 0) is 25.2 Å². The molecule has 1 aromatic carbocycles. The van der Waals surface area contributed by atoms with Crippen molar-refractivity contribution in [2.75, 3.05) is 13.6 Å². The zero-order valence-corrected chi connectivity index (χ0v) is 11.0. The van der Waals surface area contributed by atoms with Gasteiger partial charge < -0.3 is 9.67 Å². The van der Waals surface area contributed by atoms with E-state index in [9.17, 15) is 4.79 Å². The van der Waals surface area contributed by atoms with Gasteiger partial charge in [-0.1, -0.05) is 11.6 Å². The SMILES string of the molecule is CN(CC(=O)O)Cc1nc2cc(Cl)ccc2n1C. The second-order valence-electron chi connectivity index (χ2n) is 4.29. The number of aliphatic carboxylic acids is 1. The molecule has 0 atom stereocenters. The van der Waals surface area contributed by atoms with Gasteiger partial charge in [-0.2, -0.15) is 0 Å². The number of imidazole rings is 1. The zero-order valence-electron chi connectivity index (χ0n) is 10.2. The normalized spacial score (nSPS) is 11.3. The highest BCUT2D eigenvalue weighted by atomic mass is 35.5. The van der Waals surface area contributed by atoms with E-state index < -0.39 is 5.97 Å². The minimum absolute atomic E-state index is 0.00996. The predicted molar refractivity (Wildman–Crippen MR) is 69.7 cm³/mol. The minimum Gasteiger partial charge on any atom is -0.480 e. The molecule has 1 heterocycles. The number of hydrogen-bond donors (Lipinski definition) is 1. The molecule has 96 valence electrons. The average Bonchev–Trinajstić information content (AvgIpc) is 2.54. The Hall–Kier alpha value is -1.59. The fourth-order valence-corrected chi connectivity index (χ4v) is 2.06. The summed E-state index contributed by atoms with van der Waals surface area (Å²) in [4.78, 5) is 16.8. The fraction of sp³-hybridized carbons (Fsp3) is 0.333. The molecule has 1 N–H and O–H groups in total. The van der Waals surface area contributed by atoms with Gasteiger partial charge in [0, 0.05) is 12.1 Å². The zero-order chi connectivity index (χ0) is 13.3. The van der Waals surface area contributed by atoms with Gasteiger partial charge in [-0.25, -0.2) is 4.98 Å². The van der Waals surface area contributed by atoms with Crippen LogP contribution in [0.25, 0.3) is 11.0 Å². The number of likely N-dealkylation sites (N-methyl/N-ethyl adjacent to an activating group) is 1. The Morgan fingerprint density at radius 1 is 1.56 bits per heavy atom. The summed E-state index contributed by atoms with van der Waals surface area (Å²) < 4.78 is 1.95. The number of fused-ring (bicyclic) bond motifs is 1. The van der Waals surface area contributed by atoms with E-state index in [2.05, 4.69) is 4.98 Å². The summed E-state index contributed by atoms with van der Waals surface area (Å²) >= 11 is 5.92. The molecule has 0 bridgehead atoms. The second kappa shape index (κ2) is 4.96. The molecular weight excluding hydrogens is 254 g/mol. The van der Waals surface area contributed by atoms with E-state index in [4.69, 9.17) is 16.7 Å². The number of aryl methyl sites for hydroxylation is 1. The van der Waals surface area contributed by atoms with Gasteiger partial charge in [0.05, 0.1) is 24.1 Å². The molecule has 0 spiro atoms. The van der Waals surface area contributed by atoms with Crippen molar-refractivity contribution in [1.29, 1.82) is 0 Å². The molecule has 0 saturated carbocycles. The lowest BCUT2D eigenvalue weighted by Gasteiger charge is -2.13. The van der Waals surface area contributed by atoms with Crippen molar-refractivity contribution in [3.63, 3.8) is 0 Å². The highest BCUT2D eigenvalue weighted by Crippen LogP contribution is 2.20. The standard InChI is InChI=1S/C12H14ClN3O2/c1-15(7-12(17)18)6-11-14-9-5-8(13)3-4-10(9)16(11)2/h3-5H,6-7H2,1-2H3,(H,17,18). The quantitative estimate of drug-likeness (QED) is 0.917. The topological polar surface area (TPSA) is 58.4 Å². The first-order chi connectivity index (χ1) is 8.47. The Labute approximate surface area is 110 Å². The molecule has 0 amide bonds. The Morgan fingerprint density at radius 2 is 2.28 bits per heavy atom. The molecule has 2 rings (SSSR count). The molecule has 0 fully saturated rings. The van der Waals surface area contributed by atoms with E-state index in [0.29, 0.717) is 11.6 Å². The van der Waals surface area contributed by atoms with Gasteiger partial charge in [0.25, 0.3) is 0 Å². The van der Waals surface area contributed by atoms with Crippen LogP contribution in [0.4, 0.5) is 0 Å². The summed E-state index contributed by atoms with van der Waals surface area (Å²) in [5.41, 5.74) is 1.81. The monoisotopic (exact) mass is 267 g/mol. The van der Waals surface area contributed by atoms with Crippen LogP contribution < -0.4 is 0 Å². The van der Waals surface area contributed by atoms with E-state index in [1.807, 2.05) is 23.7 Å². The van der Waals surface area contributed by atoms with Gasteiger partial charge >= 0.3 is 5.97 Å². The lowest BCUT2D eigenvalue weighted by Crippen LogP contribution is -2.26. The number of aromatic nitrogens is 2. The number of carboxylic acid groups (broad SMARTS) is 1. The Morgan fingerprint density at radius 3 is 2.94 bits per heavy atom. The number of carbonyl (C=O) groups is 1. The molecule has 0 saturated heterocycles. The second-order valence-corrected chi connectivity index (χ2v) is 4.72. The van der Waals surface area contributed by atoms with Crippen LogP contribution in [0.5, 0.6) is 0 Å². The number of carboxylic acids is 1. The lowest BCUT2D eigenvalue weighted by atomic mass is 10.3. The molecular formula is C12H14ClN3O2. The molecule has 0 aliphatic carbocycles. The van der Waals surface area contributed by atoms with Crippen LogP contribution in [0.15, 0.2) is 18.2 Å². The lowest BCUT2D eigenvalue weighted by molar-refractivity contribution is -0.138. The maximum absolute atomic E-state index is 10.6. The molecule has 5 nitrogen and oxygen atoms in total. The van der Waals surface area contributed by atoms with E-state index in [-0.39, 0.29) is 6.54 Å². The summed E-state index contributed by atoms with van der Waals surface area (Å²) in [6.07, 6.45) is 0. The maximum Gasteiger partial charge on any atom is 0.317 e. The summed E-state index contributed by atoms with van der Waals surface area (Å²) in [7, 11) is 3.66. The third-order valence-electron chi connectivity index (χ3n) is 2.75. The third-order valence-corrected chi connectivity index (χ3v) is 2.99. The average molecular weight is 268 g/mol. The van der Waals surface area contributed by atoms with Crippen LogP contribution in [0.3, 0.4) is 0 Å². The highest BCUT2D eigenvalue weighted by molar-refractivity contribution is 6.31. The molecule has 0 aliphatic rings. The molecule has 2 aromatic rings. The first-order valence-electron chi connectivity index (χ1n) is 5.48. The third kappa shape index (κ3) is 2.63. The summed E-state index contributed by atoms with van der Waals surface area (Å²) in [5, 5.41) is 9.37. The Kier molecular flexibility index (Phi) is 3.54. The van der Waals surface area contributed by atoms with Crippen molar-refractivity contribution in [2.24, 2.45) is 7.05 Å². The predicted octanol–water partition coefficient (Wildman–Crippen LogP) is 1.74. The van der Waals surface area contributed by atoms with Crippen molar-refractivity contribution >= 4 is 28.6 Å². The van der Waals surface area contributed by atoms with Gasteiger partial charge in [-0.15, -0.1) is 0 Å². The number of nitrogens with zero attached hydrogens (tertiary/aromatic N) is 3. The highest BCUT2D eigenvalue weighted by Gasteiger charge is 2.11. The van der Waals surface area contributed by atoms with Crippen molar-refractivity contribution in [1.82, 2.24) is 14.5 Å². The van der Waals surface area contributed by atoms with Crippen molar-refractivity contribution in [3.8, 4) is 0 Å². The van der Waals surface area contributed by atoms with Crippen LogP contribution >= 0.6 is 11.6 Å². The van der Waals surface area contributed by atoms with Crippen molar-refractivity contribution < 1.29 is 9.90 Å². The molecule has 0 unspecified atom stereocenters. The first-order valence-corrected chi connectivity index (χ1v) is 5.86. The summed E-state index contributed by atoms with van der Waals surface area (Å²) in [5.74, 6) is -0.0321. The summed E-state index contributed by atoms with van der Waals surface area (Å²) in [6, 6.07) is 5.53. The van der Waals surface area contributed by atoms with Crippen LogP contribution in [0.1, 0.15) is 5.82 Å². The van der Waals surface area contributed by atoms with Crippen LogP contribution in [-0.2, 0) is 18.4 Å². The van der Waals surface area contributed by atoms with Crippen molar-refractivity contribution in [2.45, 2.75) is 6.54 Å². The van der Waals surface area contributed by atoms with E-state index >= 15 is 0 Å². The fourth-order valence-electron chi connectivity index (χ4n) is 1.89. The maximum atomic E-state index is 10.6. The largest absolute Gasteiger partial charge is 0.480 e. The molecule has 0 aliphatic heterocycles. The van der Waals surface area contributed by atoms with E-state index in [1.54, 1.807) is 18.0 Å². The number of rotatable bonds is 4. The first kappa shape index (κ1) is 12.9.